The first-order valence-electron chi connectivity index (χ1n) is 12.7. The zero-order chi connectivity index (χ0) is 24.2. The zero-order valence-corrected chi connectivity index (χ0v) is 21.6. The van der Waals surface area contributed by atoms with Gasteiger partial charge in [0.2, 0.25) is 0 Å². The van der Waals surface area contributed by atoms with Crippen molar-refractivity contribution in [2.24, 2.45) is 0 Å². The van der Waals surface area contributed by atoms with Crippen LogP contribution in [0.2, 0.25) is 0 Å². The number of hydrogen-bond donors (Lipinski definition) is 2. The molecule has 5 rings (SSSR count). The molecule has 1 aromatic heterocycles. The number of likely N-dealkylation sites (N-methyl/N-ethyl adjacent to an activating group) is 1. The number of aromatic nitrogens is 1. The molecular formula is C30H39N3O. The molecule has 3 heterocycles. The molecule has 2 aliphatic heterocycles. The molecule has 1 saturated heterocycles. The first-order chi connectivity index (χ1) is 16.1. The van der Waals surface area contributed by atoms with Gasteiger partial charge in [0, 0.05) is 53.7 Å². The summed E-state index contributed by atoms with van der Waals surface area (Å²) in [5, 5.41) is 12.8. The Morgan fingerprint density at radius 3 is 2.41 bits per heavy atom. The van der Waals surface area contributed by atoms with E-state index in [1.54, 1.807) is 0 Å². The number of rotatable bonds is 4. The van der Waals surface area contributed by atoms with Crippen LogP contribution >= 0.6 is 0 Å². The van der Waals surface area contributed by atoms with Crippen molar-refractivity contribution >= 4 is 27.4 Å². The molecule has 0 atom stereocenters. The number of likely N-dealkylation sites (tertiary alicyclic amines) is 1. The lowest BCUT2D eigenvalue weighted by molar-refractivity contribution is 0.0282. The van der Waals surface area contributed by atoms with Crippen molar-refractivity contribution < 1.29 is 5.11 Å². The summed E-state index contributed by atoms with van der Waals surface area (Å²) in [6, 6.07) is 11.7. The molecule has 0 spiro atoms. The number of aromatic amines is 1. The van der Waals surface area contributed by atoms with Crippen molar-refractivity contribution in [3.8, 4) is 0 Å². The smallest absolute Gasteiger partial charge is 0.0718 e. The Kier molecular flexibility index (Phi) is 5.86. The molecular weight excluding hydrogens is 418 g/mol. The second-order valence-electron chi connectivity index (χ2n) is 11.4. The standard InChI is InChI=1S/C30H39N3O/c1-19-13-25-26-14-23(22-9-11-33(12-10-22)18-30(4,5)34)7-8-28(26)31-29(25)15-24(19)27-17-32(6)16-20(2)21(27)3/h7-8,13-15,17,22,31,34H,9-12,16,18H2,1-6H3. The third-order valence-electron chi connectivity index (χ3n) is 7.81. The summed E-state index contributed by atoms with van der Waals surface area (Å²) < 4.78 is 0. The van der Waals surface area contributed by atoms with E-state index in [0.29, 0.717) is 5.92 Å². The quantitative estimate of drug-likeness (QED) is 0.490. The van der Waals surface area contributed by atoms with Crippen LogP contribution < -0.4 is 0 Å². The molecule has 2 aromatic carbocycles. The summed E-state index contributed by atoms with van der Waals surface area (Å²) in [6.45, 7) is 14.4. The van der Waals surface area contributed by atoms with Crippen molar-refractivity contribution in [3.63, 3.8) is 0 Å². The predicted molar refractivity (Wildman–Crippen MR) is 144 cm³/mol. The fourth-order valence-electron chi connectivity index (χ4n) is 5.95. The van der Waals surface area contributed by atoms with E-state index >= 15 is 0 Å². The third kappa shape index (κ3) is 4.42. The topological polar surface area (TPSA) is 42.5 Å². The highest BCUT2D eigenvalue weighted by Gasteiger charge is 2.25. The van der Waals surface area contributed by atoms with Gasteiger partial charge in [-0.25, -0.2) is 0 Å². The normalized spacial score (nSPS) is 18.9. The van der Waals surface area contributed by atoms with Crippen molar-refractivity contribution in [3.05, 3.63) is 64.4 Å². The Labute approximate surface area is 203 Å². The number of fused-ring (bicyclic) bond motifs is 3. The Bertz CT molecular complexity index is 1300. The van der Waals surface area contributed by atoms with Crippen LogP contribution in [0.25, 0.3) is 27.4 Å². The van der Waals surface area contributed by atoms with E-state index in [9.17, 15) is 5.11 Å². The van der Waals surface area contributed by atoms with Crippen LogP contribution in [0.3, 0.4) is 0 Å². The number of nitrogens with zero attached hydrogens (tertiary/aromatic N) is 2. The van der Waals surface area contributed by atoms with Gasteiger partial charge in [-0.15, -0.1) is 0 Å². The minimum atomic E-state index is -0.622. The maximum absolute atomic E-state index is 10.2. The number of β-amino-alcohol motifs (C(OH)–C–C–N with tert-alkyl or cyclic N) is 1. The monoisotopic (exact) mass is 457 g/mol. The van der Waals surface area contributed by atoms with Crippen LogP contribution in [-0.4, -0.2) is 58.7 Å². The predicted octanol–water partition coefficient (Wildman–Crippen LogP) is 6.20. The van der Waals surface area contributed by atoms with Gasteiger partial charge in [0.15, 0.2) is 0 Å². The van der Waals surface area contributed by atoms with Gasteiger partial charge in [0.1, 0.15) is 0 Å². The van der Waals surface area contributed by atoms with Crippen LogP contribution in [0.15, 0.2) is 47.7 Å². The summed E-state index contributed by atoms with van der Waals surface area (Å²) in [5.74, 6) is 0.589. The van der Waals surface area contributed by atoms with Gasteiger partial charge in [-0.3, -0.25) is 0 Å². The molecule has 0 aliphatic carbocycles. The number of piperidine rings is 1. The Hall–Kier alpha value is -2.56. The van der Waals surface area contributed by atoms with E-state index in [0.717, 1.165) is 39.0 Å². The van der Waals surface area contributed by atoms with Crippen molar-refractivity contribution in [2.75, 3.05) is 33.2 Å². The summed E-state index contributed by atoms with van der Waals surface area (Å²) in [5.41, 5.74) is 10.1. The maximum atomic E-state index is 10.2. The lowest BCUT2D eigenvalue weighted by Gasteiger charge is -2.35. The van der Waals surface area contributed by atoms with E-state index in [-0.39, 0.29) is 0 Å². The summed E-state index contributed by atoms with van der Waals surface area (Å²) in [7, 11) is 2.16. The molecule has 4 nitrogen and oxygen atoms in total. The average Bonchev–Trinajstić information content (AvgIpc) is 3.12. The van der Waals surface area contributed by atoms with Crippen LogP contribution in [0, 0.1) is 6.92 Å². The first kappa shape index (κ1) is 23.2. The fraction of sp³-hybridized carbons (Fsp3) is 0.467. The zero-order valence-electron chi connectivity index (χ0n) is 21.6. The molecule has 1 fully saturated rings. The van der Waals surface area contributed by atoms with Crippen molar-refractivity contribution in [1.29, 1.82) is 0 Å². The molecule has 0 amide bonds. The van der Waals surface area contributed by atoms with Crippen molar-refractivity contribution in [2.45, 2.75) is 59.0 Å². The van der Waals surface area contributed by atoms with E-state index in [4.69, 9.17) is 0 Å². The van der Waals surface area contributed by atoms with Gasteiger partial charge in [-0.2, -0.15) is 0 Å². The van der Waals surface area contributed by atoms with Gasteiger partial charge in [0.25, 0.3) is 0 Å². The fourth-order valence-corrected chi connectivity index (χ4v) is 5.95. The molecule has 0 unspecified atom stereocenters. The van der Waals surface area contributed by atoms with Gasteiger partial charge in [-0.1, -0.05) is 11.6 Å². The maximum Gasteiger partial charge on any atom is 0.0718 e. The minimum absolute atomic E-state index is 0.589. The largest absolute Gasteiger partial charge is 0.389 e. The van der Waals surface area contributed by atoms with Crippen LogP contribution in [0.5, 0.6) is 0 Å². The third-order valence-corrected chi connectivity index (χ3v) is 7.81. The van der Waals surface area contributed by atoms with E-state index in [1.165, 1.54) is 55.2 Å². The summed E-state index contributed by atoms with van der Waals surface area (Å²) in [6.07, 6.45) is 4.60. The number of aryl methyl sites for hydroxylation is 1. The average molecular weight is 458 g/mol. The molecule has 2 N–H and O–H groups in total. The molecule has 4 heteroatoms. The molecule has 3 aromatic rings. The number of H-pyrrole nitrogens is 1. The van der Waals surface area contributed by atoms with Gasteiger partial charge >= 0.3 is 0 Å². The Morgan fingerprint density at radius 2 is 1.71 bits per heavy atom. The molecule has 0 bridgehead atoms. The minimum Gasteiger partial charge on any atom is -0.389 e. The van der Waals surface area contributed by atoms with Gasteiger partial charge in [0.05, 0.1) is 5.60 Å². The molecule has 34 heavy (non-hydrogen) atoms. The Morgan fingerprint density at radius 1 is 1.00 bits per heavy atom. The Balaban J connectivity index is 1.46. The molecule has 0 radical (unpaired) electrons. The molecule has 0 saturated carbocycles. The van der Waals surface area contributed by atoms with E-state index < -0.39 is 5.60 Å². The molecule has 2 aliphatic rings. The second kappa shape index (κ2) is 8.58. The number of hydrogen-bond acceptors (Lipinski definition) is 3. The van der Waals surface area contributed by atoms with E-state index in [1.807, 2.05) is 13.8 Å². The van der Waals surface area contributed by atoms with Crippen LogP contribution in [0.1, 0.15) is 63.1 Å². The van der Waals surface area contributed by atoms with Crippen LogP contribution in [-0.2, 0) is 0 Å². The number of nitrogens with one attached hydrogen (secondary N) is 1. The first-order valence-corrected chi connectivity index (χ1v) is 12.7. The lowest BCUT2D eigenvalue weighted by Crippen LogP contribution is -2.42. The highest BCUT2D eigenvalue weighted by molar-refractivity contribution is 6.08. The van der Waals surface area contributed by atoms with Gasteiger partial charge < -0.3 is 19.9 Å². The number of allylic oxidation sites excluding steroid dienone is 2. The highest BCUT2D eigenvalue weighted by atomic mass is 16.3. The number of benzene rings is 2. The summed E-state index contributed by atoms with van der Waals surface area (Å²) in [4.78, 5) is 8.38. The highest BCUT2D eigenvalue weighted by Crippen LogP contribution is 2.37. The summed E-state index contributed by atoms with van der Waals surface area (Å²) >= 11 is 0. The second-order valence-corrected chi connectivity index (χ2v) is 11.4. The number of aliphatic hydroxyl groups is 1. The SMILES string of the molecule is CC1=C(C)C(c2cc3[nH]c4ccc(C5CCN(CC(C)(C)O)CC5)cc4c3cc2C)=CN(C)C1. The van der Waals surface area contributed by atoms with E-state index in [2.05, 4.69) is 79.1 Å². The van der Waals surface area contributed by atoms with Crippen LogP contribution in [0.4, 0.5) is 0 Å². The van der Waals surface area contributed by atoms with Crippen molar-refractivity contribution in [1.82, 2.24) is 14.8 Å². The van der Waals surface area contributed by atoms with Gasteiger partial charge in [-0.05, 0) is 113 Å². The molecule has 180 valence electrons. The lowest BCUT2D eigenvalue weighted by atomic mass is 9.87.